The highest BCUT2D eigenvalue weighted by atomic mass is 32.1. The fraction of sp³-hybridized carbons (Fsp3) is 0.176. The topological polar surface area (TPSA) is 42.3 Å². The number of rotatable bonds is 6. The first kappa shape index (κ1) is 25.8. The molecule has 200 valence electrons. The van der Waals surface area contributed by atoms with E-state index in [-0.39, 0.29) is 12.1 Å². The molecular formula is C34H32N4OS. The van der Waals surface area contributed by atoms with Crippen molar-refractivity contribution >= 4 is 23.0 Å². The summed E-state index contributed by atoms with van der Waals surface area (Å²) < 4.78 is 8.50. The molecule has 2 atom stereocenters. The predicted molar refractivity (Wildman–Crippen MR) is 166 cm³/mol. The minimum Gasteiger partial charge on any atom is -0.457 e. The van der Waals surface area contributed by atoms with Gasteiger partial charge in [-0.05, 0) is 117 Å². The van der Waals surface area contributed by atoms with Crippen LogP contribution in [0.25, 0.3) is 5.69 Å². The van der Waals surface area contributed by atoms with Crippen LogP contribution in [0.3, 0.4) is 0 Å². The lowest BCUT2D eigenvalue weighted by atomic mass is 9.96. The Hall–Kier alpha value is -4.42. The molecule has 6 heteroatoms. The van der Waals surface area contributed by atoms with Crippen LogP contribution in [0.15, 0.2) is 103 Å². The maximum absolute atomic E-state index is 6.17. The first-order valence-electron chi connectivity index (χ1n) is 13.5. The number of ether oxygens (including phenoxy) is 1. The first-order chi connectivity index (χ1) is 19.4. The van der Waals surface area contributed by atoms with E-state index >= 15 is 0 Å². The molecule has 1 fully saturated rings. The zero-order valence-electron chi connectivity index (χ0n) is 23.1. The zero-order valence-corrected chi connectivity index (χ0v) is 23.9. The molecule has 0 aliphatic carbocycles. The van der Waals surface area contributed by atoms with Crippen molar-refractivity contribution in [1.29, 1.82) is 0 Å². The molecule has 1 N–H and O–H groups in total. The van der Waals surface area contributed by atoms with Crippen molar-refractivity contribution in [3.63, 3.8) is 0 Å². The summed E-state index contributed by atoms with van der Waals surface area (Å²) in [4.78, 5) is 6.94. The third-order valence-electron chi connectivity index (χ3n) is 7.58. The van der Waals surface area contributed by atoms with E-state index in [4.69, 9.17) is 21.9 Å². The van der Waals surface area contributed by atoms with E-state index in [1.807, 2.05) is 61.7 Å². The van der Waals surface area contributed by atoms with E-state index in [1.165, 1.54) is 22.5 Å². The largest absolute Gasteiger partial charge is 0.457 e. The van der Waals surface area contributed by atoms with Crippen LogP contribution in [0.4, 0.5) is 5.69 Å². The van der Waals surface area contributed by atoms with Gasteiger partial charge >= 0.3 is 0 Å². The number of benzene rings is 3. The lowest BCUT2D eigenvalue weighted by Gasteiger charge is -2.28. The van der Waals surface area contributed by atoms with Crippen LogP contribution >= 0.6 is 12.2 Å². The highest BCUT2D eigenvalue weighted by molar-refractivity contribution is 7.80. The van der Waals surface area contributed by atoms with Gasteiger partial charge in [-0.3, -0.25) is 4.98 Å². The average molecular weight is 545 g/mol. The van der Waals surface area contributed by atoms with Gasteiger partial charge in [0.2, 0.25) is 0 Å². The lowest BCUT2D eigenvalue weighted by molar-refractivity contribution is 0.479. The molecule has 5 nitrogen and oxygen atoms in total. The van der Waals surface area contributed by atoms with Crippen LogP contribution in [0.2, 0.25) is 0 Å². The van der Waals surface area contributed by atoms with Crippen molar-refractivity contribution in [2.24, 2.45) is 0 Å². The third-order valence-corrected chi connectivity index (χ3v) is 7.90. The summed E-state index contributed by atoms with van der Waals surface area (Å²) in [5.41, 5.74) is 9.02. The van der Waals surface area contributed by atoms with E-state index in [0.29, 0.717) is 5.11 Å². The Morgan fingerprint density at radius 3 is 2.30 bits per heavy atom. The van der Waals surface area contributed by atoms with Gasteiger partial charge in [-0.25, -0.2) is 0 Å². The highest BCUT2D eigenvalue weighted by Gasteiger charge is 2.42. The number of para-hydroxylation sites is 1. The monoisotopic (exact) mass is 544 g/mol. The maximum Gasteiger partial charge on any atom is 0.174 e. The summed E-state index contributed by atoms with van der Waals surface area (Å²) in [7, 11) is 0. The van der Waals surface area contributed by atoms with Crippen molar-refractivity contribution in [3.8, 4) is 17.2 Å². The normalized spacial score (nSPS) is 16.7. The average Bonchev–Trinajstić information content (AvgIpc) is 3.45. The molecule has 3 aromatic carbocycles. The second-order valence-corrected chi connectivity index (χ2v) is 10.7. The van der Waals surface area contributed by atoms with Crippen LogP contribution < -0.4 is 15.0 Å². The molecule has 0 unspecified atom stereocenters. The summed E-state index contributed by atoms with van der Waals surface area (Å²) in [6, 6.07) is 33.0. The number of pyridine rings is 1. The molecule has 3 heterocycles. The Balaban J connectivity index is 1.42. The van der Waals surface area contributed by atoms with Crippen molar-refractivity contribution in [2.45, 2.75) is 39.8 Å². The molecule has 0 bridgehead atoms. The number of nitrogens with one attached hydrogen (secondary N) is 1. The summed E-state index contributed by atoms with van der Waals surface area (Å²) in [5, 5.41) is 4.26. The van der Waals surface area contributed by atoms with Gasteiger partial charge in [0, 0.05) is 29.0 Å². The Morgan fingerprint density at radius 1 is 0.800 bits per heavy atom. The van der Waals surface area contributed by atoms with Crippen LogP contribution in [0.1, 0.15) is 45.9 Å². The Morgan fingerprint density at radius 2 is 1.57 bits per heavy atom. The molecule has 5 aromatic rings. The molecule has 1 saturated heterocycles. The Labute approximate surface area is 241 Å². The molecule has 2 aromatic heterocycles. The van der Waals surface area contributed by atoms with Crippen molar-refractivity contribution in [1.82, 2.24) is 14.9 Å². The van der Waals surface area contributed by atoms with E-state index in [2.05, 4.69) is 84.1 Å². The van der Waals surface area contributed by atoms with Gasteiger partial charge in [0.25, 0.3) is 0 Å². The number of hydrogen-bond acceptors (Lipinski definition) is 3. The van der Waals surface area contributed by atoms with Gasteiger partial charge in [0.05, 0.1) is 17.8 Å². The smallest absolute Gasteiger partial charge is 0.174 e. The third kappa shape index (κ3) is 4.75. The van der Waals surface area contributed by atoms with Crippen LogP contribution in [-0.2, 0) is 0 Å². The van der Waals surface area contributed by atoms with E-state index in [1.54, 1.807) is 0 Å². The minimum absolute atomic E-state index is 0.0877. The summed E-state index contributed by atoms with van der Waals surface area (Å²) in [6.45, 7) is 8.53. The molecule has 0 amide bonds. The molecule has 6 rings (SSSR count). The van der Waals surface area contributed by atoms with Crippen molar-refractivity contribution < 1.29 is 4.74 Å². The minimum atomic E-state index is -0.108. The molecule has 0 radical (unpaired) electrons. The van der Waals surface area contributed by atoms with Gasteiger partial charge in [-0.1, -0.05) is 36.4 Å². The van der Waals surface area contributed by atoms with Gasteiger partial charge in [0.1, 0.15) is 11.5 Å². The lowest BCUT2D eigenvalue weighted by Crippen LogP contribution is -2.29. The first-order valence-corrected chi connectivity index (χ1v) is 13.9. The number of thiocarbonyl (C=S) groups is 1. The fourth-order valence-corrected chi connectivity index (χ4v) is 6.02. The molecule has 40 heavy (non-hydrogen) atoms. The number of aromatic nitrogens is 2. The van der Waals surface area contributed by atoms with E-state index in [0.717, 1.165) is 34.1 Å². The standard InChI is InChI=1S/C34H32N4OS/c1-22-10-9-12-27(20-22)37-24(3)21-29(25(37)4)33-32(30-13-7-8-19-35-30)36-34(40)38(33)26-15-17-28(18-16-26)39-31-14-6-5-11-23(31)2/h5-21,32-33H,1-4H3,(H,36,40)/t32-,33+/m1/s1. The summed E-state index contributed by atoms with van der Waals surface area (Å²) >= 11 is 5.97. The quantitative estimate of drug-likeness (QED) is 0.219. The van der Waals surface area contributed by atoms with E-state index in [9.17, 15) is 0 Å². The summed E-state index contributed by atoms with van der Waals surface area (Å²) in [5.74, 6) is 1.64. The van der Waals surface area contributed by atoms with Crippen molar-refractivity contribution in [2.75, 3.05) is 4.90 Å². The van der Waals surface area contributed by atoms with Crippen LogP contribution in [0.5, 0.6) is 11.5 Å². The van der Waals surface area contributed by atoms with Gasteiger partial charge in [-0.15, -0.1) is 0 Å². The Bertz CT molecular complexity index is 1680. The van der Waals surface area contributed by atoms with Gasteiger partial charge in [-0.2, -0.15) is 0 Å². The predicted octanol–water partition coefficient (Wildman–Crippen LogP) is 8.08. The highest BCUT2D eigenvalue weighted by Crippen LogP contribution is 2.44. The second-order valence-electron chi connectivity index (χ2n) is 10.4. The van der Waals surface area contributed by atoms with Gasteiger partial charge in [0.15, 0.2) is 5.11 Å². The van der Waals surface area contributed by atoms with Crippen LogP contribution in [-0.4, -0.2) is 14.7 Å². The molecule has 1 aliphatic rings. The number of aryl methyl sites for hydroxylation is 3. The Kier molecular flexibility index (Phi) is 6.86. The molecular weight excluding hydrogens is 512 g/mol. The SMILES string of the molecule is Cc1cccc(-n2c(C)cc([C@H]3[C@@H](c4ccccn4)NC(=S)N3c3ccc(Oc4ccccc4C)cc3)c2C)c1. The second kappa shape index (κ2) is 10.6. The van der Waals surface area contributed by atoms with Gasteiger partial charge < -0.3 is 19.5 Å². The number of nitrogens with zero attached hydrogens (tertiary/aromatic N) is 3. The number of anilines is 1. The summed E-state index contributed by atoms with van der Waals surface area (Å²) in [6.07, 6.45) is 1.84. The molecule has 1 aliphatic heterocycles. The van der Waals surface area contributed by atoms with E-state index < -0.39 is 0 Å². The van der Waals surface area contributed by atoms with Crippen molar-refractivity contribution in [3.05, 3.63) is 137 Å². The van der Waals surface area contributed by atoms with Crippen LogP contribution in [0, 0.1) is 27.7 Å². The molecule has 0 spiro atoms. The number of hydrogen-bond donors (Lipinski definition) is 1. The zero-order chi connectivity index (χ0) is 27.8. The maximum atomic E-state index is 6.17. The fourth-order valence-electron chi connectivity index (χ4n) is 5.67. The molecule has 0 saturated carbocycles.